The number of hydrogen-bond acceptors (Lipinski definition) is 5. The minimum absolute atomic E-state index is 0.0773. The molecular weight excluding hydrogens is 620 g/mol. The minimum atomic E-state index is -0.783. The topological polar surface area (TPSA) is 72.8 Å². The van der Waals surface area contributed by atoms with Crippen LogP contribution in [-0.4, -0.2) is 36.4 Å². The van der Waals surface area contributed by atoms with Gasteiger partial charge >= 0.3 is 11.9 Å². The maximum atomic E-state index is 12.2. The van der Waals surface area contributed by atoms with Crippen LogP contribution in [0.25, 0.3) is 0 Å². The molecule has 0 saturated heterocycles. The molecule has 0 aliphatic heterocycles. The van der Waals surface area contributed by atoms with Gasteiger partial charge in [-0.3, -0.25) is 9.59 Å². The summed E-state index contributed by atoms with van der Waals surface area (Å²) in [5, 5.41) is 9.57. The van der Waals surface area contributed by atoms with Crippen molar-refractivity contribution in [3.8, 4) is 0 Å². The number of rotatable bonds is 37. The first-order valence-electron chi connectivity index (χ1n) is 20.8. The van der Waals surface area contributed by atoms with Crippen LogP contribution in [0.2, 0.25) is 0 Å². The molecule has 0 amide bonds. The van der Waals surface area contributed by atoms with E-state index in [9.17, 15) is 14.7 Å². The average molecular weight is 699 g/mol. The third-order valence-corrected chi connectivity index (χ3v) is 8.78. The van der Waals surface area contributed by atoms with Crippen LogP contribution in [0.4, 0.5) is 0 Å². The number of ether oxygens (including phenoxy) is 2. The van der Waals surface area contributed by atoms with E-state index in [1.54, 1.807) is 0 Å². The number of allylic oxidation sites excluding steroid dienone is 10. The maximum Gasteiger partial charge on any atom is 0.306 e. The second-order valence-electron chi connectivity index (χ2n) is 13.7. The highest BCUT2D eigenvalue weighted by Crippen LogP contribution is 2.12. The van der Waals surface area contributed by atoms with Crippen LogP contribution < -0.4 is 0 Å². The lowest BCUT2D eigenvalue weighted by Gasteiger charge is -2.15. The van der Waals surface area contributed by atoms with Crippen LogP contribution in [0.3, 0.4) is 0 Å². The van der Waals surface area contributed by atoms with E-state index in [0.29, 0.717) is 12.8 Å². The van der Waals surface area contributed by atoms with Crippen LogP contribution in [0, 0.1) is 0 Å². The average Bonchev–Trinajstić information content (AvgIpc) is 3.12. The van der Waals surface area contributed by atoms with Crippen molar-refractivity contribution in [1.29, 1.82) is 0 Å². The minimum Gasteiger partial charge on any atom is -0.462 e. The molecule has 0 aliphatic rings. The van der Waals surface area contributed by atoms with Gasteiger partial charge in [0.05, 0.1) is 6.61 Å². The Hall–Kier alpha value is -2.40. The van der Waals surface area contributed by atoms with Crippen LogP contribution in [0.1, 0.15) is 194 Å². The van der Waals surface area contributed by atoms with Gasteiger partial charge in [0, 0.05) is 12.8 Å². The first-order chi connectivity index (χ1) is 24.6. The number of carbonyl (C=O) groups excluding carboxylic acids is 2. The second kappa shape index (κ2) is 41.0. The summed E-state index contributed by atoms with van der Waals surface area (Å²) < 4.78 is 10.6. The molecule has 0 bridgehead atoms. The smallest absolute Gasteiger partial charge is 0.306 e. The number of unbranched alkanes of at least 4 members (excludes halogenated alkanes) is 19. The third-order valence-electron chi connectivity index (χ3n) is 8.78. The molecule has 0 radical (unpaired) electrons. The van der Waals surface area contributed by atoms with Crippen molar-refractivity contribution < 1.29 is 24.2 Å². The van der Waals surface area contributed by atoms with Crippen molar-refractivity contribution in [1.82, 2.24) is 0 Å². The molecule has 0 aromatic heterocycles. The fourth-order valence-corrected chi connectivity index (χ4v) is 5.59. The zero-order valence-electron chi connectivity index (χ0n) is 32.6. The SMILES string of the molecule is CCCCC/C=C\C/C=C\C/C=C\CCCCCCCCC(=O)OC(CO)COC(=O)CCCCCCCCC/C=C\C/C=C\CCCCC. The molecule has 0 heterocycles. The molecule has 0 fully saturated rings. The van der Waals surface area contributed by atoms with Gasteiger partial charge in [0.1, 0.15) is 6.61 Å². The van der Waals surface area contributed by atoms with Crippen molar-refractivity contribution in [3.05, 3.63) is 60.8 Å². The molecule has 0 spiro atoms. The molecule has 0 saturated carbocycles. The summed E-state index contributed by atoms with van der Waals surface area (Å²) in [7, 11) is 0. The number of esters is 2. The van der Waals surface area contributed by atoms with Crippen molar-refractivity contribution in [2.75, 3.05) is 13.2 Å². The Balaban J connectivity index is 3.60. The van der Waals surface area contributed by atoms with Gasteiger partial charge in [0.15, 0.2) is 6.10 Å². The van der Waals surface area contributed by atoms with E-state index >= 15 is 0 Å². The number of aliphatic hydroxyl groups is 1. The summed E-state index contributed by atoms with van der Waals surface area (Å²) in [6.45, 7) is 4.06. The summed E-state index contributed by atoms with van der Waals surface area (Å²) in [6, 6.07) is 0. The van der Waals surface area contributed by atoms with Gasteiger partial charge in [0.25, 0.3) is 0 Å². The summed E-state index contributed by atoms with van der Waals surface area (Å²) in [6.07, 6.45) is 52.7. The quantitative estimate of drug-likeness (QED) is 0.0397. The molecule has 5 heteroatoms. The number of aliphatic hydroxyl groups excluding tert-OH is 1. The highest BCUT2D eigenvalue weighted by molar-refractivity contribution is 5.70. The Morgan fingerprint density at radius 3 is 1.20 bits per heavy atom. The van der Waals surface area contributed by atoms with E-state index in [2.05, 4.69) is 74.6 Å². The molecule has 5 nitrogen and oxygen atoms in total. The van der Waals surface area contributed by atoms with Crippen molar-refractivity contribution >= 4 is 11.9 Å². The maximum absolute atomic E-state index is 12.2. The van der Waals surface area contributed by atoms with Gasteiger partial charge in [-0.1, -0.05) is 158 Å². The molecule has 1 N–H and O–H groups in total. The molecule has 0 aliphatic carbocycles. The Bertz CT molecular complexity index is 884. The van der Waals surface area contributed by atoms with Crippen molar-refractivity contribution in [2.24, 2.45) is 0 Å². The first kappa shape index (κ1) is 47.6. The molecule has 0 aromatic rings. The molecule has 1 unspecified atom stereocenters. The fourth-order valence-electron chi connectivity index (χ4n) is 5.59. The molecular formula is C45H78O5. The van der Waals surface area contributed by atoms with Gasteiger partial charge in [-0.2, -0.15) is 0 Å². The van der Waals surface area contributed by atoms with E-state index in [1.807, 2.05) is 0 Å². The molecule has 0 aromatic carbocycles. The van der Waals surface area contributed by atoms with E-state index in [0.717, 1.165) is 70.6 Å². The van der Waals surface area contributed by atoms with Crippen LogP contribution >= 0.6 is 0 Å². The van der Waals surface area contributed by atoms with Crippen molar-refractivity contribution in [2.45, 2.75) is 200 Å². The predicted molar refractivity (Wildman–Crippen MR) is 214 cm³/mol. The van der Waals surface area contributed by atoms with Gasteiger partial charge in [-0.15, -0.1) is 0 Å². The van der Waals surface area contributed by atoms with Crippen molar-refractivity contribution in [3.63, 3.8) is 0 Å². The lowest BCUT2D eigenvalue weighted by Crippen LogP contribution is -2.28. The lowest BCUT2D eigenvalue weighted by atomic mass is 10.1. The van der Waals surface area contributed by atoms with Gasteiger partial charge in [-0.05, 0) is 83.5 Å². The van der Waals surface area contributed by atoms with Crippen LogP contribution in [0.15, 0.2) is 60.8 Å². The zero-order chi connectivity index (χ0) is 36.4. The Morgan fingerprint density at radius 2 is 0.800 bits per heavy atom. The van der Waals surface area contributed by atoms with E-state index in [4.69, 9.17) is 9.47 Å². The Labute approximate surface area is 309 Å². The van der Waals surface area contributed by atoms with E-state index < -0.39 is 6.10 Å². The highest BCUT2D eigenvalue weighted by atomic mass is 16.6. The largest absolute Gasteiger partial charge is 0.462 e. The van der Waals surface area contributed by atoms with Gasteiger partial charge in [-0.25, -0.2) is 0 Å². The molecule has 288 valence electrons. The summed E-state index contributed by atoms with van der Waals surface area (Å²) in [4.78, 5) is 24.3. The highest BCUT2D eigenvalue weighted by Gasteiger charge is 2.16. The van der Waals surface area contributed by atoms with Gasteiger partial charge in [0.2, 0.25) is 0 Å². The van der Waals surface area contributed by atoms with Crippen LogP contribution in [-0.2, 0) is 19.1 Å². The Morgan fingerprint density at radius 1 is 0.460 bits per heavy atom. The van der Waals surface area contributed by atoms with Crippen LogP contribution in [0.5, 0.6) is 0 Å². The number of carbonyl (C=O) groups is 2. The summed E-state index contributed by atoms with van der Waals surface area (Å²) in [5.41, 5.74) is 0. The molecule has 1 atom stereocenters. The Kier molecular flexibility index (Phi) is 39.1. The normalized spacial score (nSPS) is 12.8. The monoisotopic (exact) mass is 699 g/mol. The predicted octanol–water partition coefficient (Wildman–Crippen LogP) is 13.2. The standard InChI is InChI=1S/C45H78O5/c1-3-5-7-9-11-13-15-17-19-21-22-24-26-28-30-32-34-36-38-40-45(48)50-43(41-46)42-49-44(47)39-37-35-33-31-29-27-25-23-20-18-16-14-12-10-8-6-4-2/h11-14,17-20,22,24,43,46H,3-10,15-16,21,23,25-42H2,1-2H3/b13-11-,14-12-,19-17-,20-18-,24-22-. The zero-order valence-corrected chi connectivity index (χ0v) is 32.6. The first-order valence-corrected chi connectivity index (χ1v) is 20.8. The fraction of sp³-hybridized carbons (Fsp3) is 0.733. The summed E-state index contributed by atoms with van der Waals surface area (Å²) >= 11 is 0. The second-order valence-corrected chi connectivity index (χ2v) is 13.7. The molecule has 50 heavy (non-hydrogen) atoms. The number of hydrogen-bond donors (Lipinski definition) is 1. The van der Waals surface area contributed by atoms with E-state index in [-0.39, 0.29) is 25.2 Å². The van der Waals surface area contributed by atoms with E-state index in [1.165, 1.54) is 96.3 Å². The third kappa shape index (κ3) is 38.4. The van der Waals surface area contributed by atoms with Gasteiger partial charge < -0.3 is 14.6 Å². The molecule has 0 rings (SSSR count). The lowest BCUT2D eigenvalue weighted by molar-refractivity contribution is -0.161. The summed E-state index contributed by atoms with van der Waals surface area (Å²) in [5.74, 6) is -0.616.